The lowest BCUT2D eigenvalue weighted by Crippen LogP contribution is -2.61. The molecule has 1 N–H and O–H groups in total. The van der Waals surface area contributed by atoms with Crippen LogP contribution in [0.1, 0.15) is 38.5 Å². The van der Waals surface area contributed by atoms with Crippen LogP contribution >= 0.6 is 0 Å². The van der Waals surface area contributed by atoms with Gasteiger partial charge in [0.2, 0.25) is 17.9 Å². The molecule has 3 fully saturated rings. The van der Waals surface area contributed by atoms with E-state index in [4.69, 9.17) is 5.11 Å². The Balaban J connectivity index is 1.87. The van der Waals surface area contributed by atoms with Gasteiger partial charge in [0.25, 0.3) is 0 Å². The van der Waals surface area contributed by atoms with Crippen LogP contribution in [-0.4, -0.2) is 45.3 Å². The number of hydrogen-bond acceptors (Lipinski definition) is 5. The van der Waals surface area contributed by atoms with Crippen LogP contribution in [0.2, 0.25) is 0 Å². The number of aliphatic carboxylic acids is 1. The summed E-state index contributed by atoms with van der Waals surface area (Å²) in [6.45, 7) is -0.101. The van der Waals surface area contributed by atoms with Crippen molar-refractivity contribution >= 4 is 17.8 Å². The highest BCUT2D eigenvalue weighted by atomic mass is 16.6. The topological polar surface area (TPSA) is 118 Å². The van der Waals surface area contributed by atoms with E-state index in [0.717, 1.165) is 11.3 Å². The minimum absolute atomic E-state index is 0.101. The van der Waals surface area contributed by atoms with E-state index in [-0.39, 0.29) is 53.4 Å². The Kier molecular flexibility index (Phi) is 4.08. The van der Waals surface area contributed by atoms with Gasteiger partial charge in [0.05, 0.1) is 6.42 Å². The highest BCUT2D eigenvalue weighted by molar-refractivity contribution is 6.00. The summed E-state index contributed by atoms with van der Waals surface area (Å²) in [5.74, 6) is -2.89. The Morgan fingerprint density at radius 1 is 1.17 bits per heavy atom. The fourth-order valence-electron chi connectivity index (χ4n) is 4.82. The van der Waals surface area contributed by atoms with E-state index in [1.807, 2.05) is 0 Å². The first-order chi connectivity index (χ1) is 10.9. The summed E-state index contributed by atoms with van der Waals surface area (Å²) < 4.78 is 0. The van der Waals surface area contributed by atoms with E-state index in [2.05, 4.69) is 0 Å². The van der Waals surface area contributed by atoms with Crippen molar-refractivity contribution in [2.45, 2.75) is 44.6 Å². The summed E-state index contributed by atoms with van der Waals surface area (Å²) in [5.41, 5.74) is 0. The van der Waals surface area contributed by atoms with Crippen molar-refractivity contribution in [1.82, 2.24) is 4.90 Å². The molecule has 5 atom stereocenters. The number of rotatable bonds is 4. The fourth-order valence-corrected chi connectivity index (χ4v) is 4.82. The summed E-state index contributed by atoms with van der Waals surface area (Å²) in [4.78, 5) is 48.1. The summed E-state index contributed by atoms with van der Waals surface area (Å²) in [6, 6.07) is -0.662. The molecule has 126 valence electrons. The normalized spacial score (nSPS) is 36.5. The Morgan fingerprint density at radius 2 is 1.83 bits per heavy atom. The van der Waals surface area contributed by atoms with Crippen LogP contribution in [0, 0.1) is 33.8 Å². The molecule has 8 nitrogen and oxygen atoms in total. The van der Waals surface area contributed by atoms with Crippen molar-refractivity contribution in [3.05, 3.63) is 10.1 Å². The molecule has 8 heteroatoms. The van der Waals surface area contributed by atoms with E-state index >= 15 is 0 Å². The number of carboxylic acid groups (broad SMARTS) is 1. The molecule has 0 radical (unpaired) electrons. The minimum Gasteiger partial charge on any atom is -0.481 e. The first kappa shape index (κ1) is 15.9. The minimum atomic E-state index is -1.05. The fraction of sp³-hybridized carbons (Fsp3) is 0.800. The van der Waals surface area contributed by atoms with Crippen LogP contribution < -0.4 is 0 Å². The van der Waals surface area contributed by atoms with Crippen LogP contribution in [0.4, 0.5) is 0 Å². The molecule has 0 aromatic carbocycles. The number of carbonyl (C=O) groups is 3. The summed E-state index contributed by atoms with van der Waals surface area (Å²) in [5, 5.41) is 20.1. The Morgan fingerprint density at radius 3 is 2.43 bits per heavy atom. The molecule has 5 unspecified atom stereocenters. The molecule has 0 spiro atoms. The number of likely N-dealkylation sites (tertiary alicyclic amines) is 1. The second-order valence-corrected chi connectivity index (χ2v) is 6.79. The predicted octanol–water partition coefficient (Wildman–Crippen LogP) is 0.918. The van der Waals surface area contributed by atoms with Crippen molar-refractivity contribution in [3.8, 4) is 0 Å². The lowest BCUT2D eigenvalue weighted by molar-refractivity contribution is -0.540. The Bertz CT molecular complexity index is 544. The van der Waals surface area contributed by atoms with E-state index in [1.54, 1.807) is 0 Å². The Hall–Kier alpha value is -1.99. The molecule has 3 rings (SSSR count). The second-order valence-electron chi connectivity index (χ2n) is 6.79. The summed E-state index contributed by atoms with van der Waals surface area (Å²) >= 11 is 0. The summed E-state index contributed by atoms with van der Waals surface area (Å²) in [7, 11) is 0. The van der Waals surface area contributed by atoms with Crippen molar-refractivity contribution in [2.75, 3.05) is 6.54 Å². The van der Waals surface area contributed by atoms with Crippen molar-refractivity contribution in [3.63, 3.8) is 0 Å². The lowest BCUT2D eigenvalue weighted by atomic mass is 9.57. The second kappa shape index (κ2) is 5.90. The zero-order valence-corrected chi connectivity index (χ0v) is 12.7. The number of imide groups is 1. The largest absolute Gasteiger partial charge is 0.481 e. The van der Waals surface area contributed by atoms with E-state index in [0.29, 0.717) is 25.7 Å². The third-order valence-electron chi connectivity index (χ3n) is 5.73. The average Bonchev–Trinajstić information content (AvgIpc) is 2.51. The number of carboxylic acids is 1. The monoisotopic (exact) mass is 324 g/mol. The van der Waals surface area contributed by atoms with Gasteiger partial charge in [-0.1, -0.05) is 6.42 Å². The predicted molar refractivity (Wildman–Crippen MR) is 76.8 cm³/mol. The third kappa shape index (κ3) is 2.60. The molecule has 3 aliphatic rings. The van der Waals surface area contributed by atoms with Gasteiger partial charge in [-0.3, -0.25) is 29.4 Å². The average molecular weight is 324 g/mol. The van der Waals surface area contributed by atoms with Crippen LogP contribution in [0.25, 0.3) is 0 Å². The maximum Gasteiger partial charge on any atom is 0.305 e. The number of piperidine rings is 1. The molecule has 2 amide bonds. The molecular weight excluding hydrogens is 304 g/mol. The van der Waals surface area contributed by atoms with Crippen molar-refractivity contribution < 1.29 is 24.4 Å². The zero-order chi connectivity index (χ0) is 16.7. The van der Waals surface area contributed by atoms with Crippen LogP contribution in [-0.2, 0) is 14.4 Å². The van der Waals surface area contributed by atoms with Gasteiger partial charge >= 0.3 is 5.97 Å². The Labute approximate surface area is 133 Å². The molecule has 2 saturated carbocycles. The van der Waals surface area contributed by atoms with Crippen LogP contribution in [0.15, 0.2) is 0 Å². The molecule has 1 saturated heterocycles. The number of amides is 2. The van der Waals surface area contributed by atoms with E-state index in [9.17, 15) is 24.5 Å². The maximum absolute atomic E-state index is 12.6. The highest BCUT2D eigenvalue weighted by Crippen LogP contribution is 2.51. The molecular formula is C15H20N2O6. The standard InChI is InChI=1S/C15H20N2O6/c18-12(19)6-7-16-14(20)9-3-1-2-8-11(17(22)23)5-4-10(13(8)9)15(16)21/h8-11,13H,1-7H2,(H,18,19). The van der Waals surface area contributed by atoms with Gasteiger partial charge in [-0.25, -0.2) is 0 Å². The molecule has 0 aromatic heterocycles. The van der Waals surface area contributed by atoms with Crippen molar-refractivity contribution in [1.29, 1.82) is 0 Å². The highest BCUT2D eigenvalue weighted by Gasteiger charge is 2.58. The van der Waals surface area contributed by atoms with Gasteiger partial charge in [-0.15, -0.1) is 0 Å². The molecule has 0 aromatic rings. The van der Waals surface area contributed by atoms with E-state index in [1.165, 1.54) is 0 Å². The quantitative estimate of drug-likeness (QED) is 0.466. The first-order valence-corrected chi connectivity index (χ1v) is 8.12. The zero-order valence-electron chi connectivity index (χ0n) is 12.7. The number of nitro groups is 1. The lowest BCUT2D eigenvalue weighted by Gasteiger charge is -2.50. The summed E-state index contributed by atoms with van der Waals surface area (Å²) in [6.07, 6.45) is 2.59. The van der Waals surface area contributed by atoms with Crippen LogP contribution in [0.5, 0.6) is 0 Å². The molecule has 23 heavy (non-hydrogen) atoms. The van der Waals surface area contributed by atoms with Gasteiger partial charge in [-0.2, -0.15) is 0 Å². The van der Waals surface area contributed by atoms with Gasteiger partial charge in [0, 0.05) is 35.6 Å². The van der Waals surface area contributed by atoms with Gasteiger partial charge in [-0.05, 0) is 25.2 Å². The third-order valence-corrected chi connectivity index (χ3v) is 5.73. The van der Waals surface area contributed by atoms with Gasteiger partial charge < -0.3 is 5.11 Å². The molecule has 1 heterocycles. The smallest absolute Gasteiger partial charge is 0.305 e. The SMILES string of the molecule is O=C(O)CCN1C(=O)C2CCCC3C2C(CCC3[N+](=O)[O-])C1=O. The number of hydrogen-bond donors (Lipinski definition) is 1. The van der Waals surface area contributed by atoms with Gasteiger partial charge in [0.15, 0.2) is 0 Å². The van der Waals surface area contributed by atoms with E-state index < -0.39 is 12.0 Å². The van der Waals surface area contributed by atoms with Crippen LogP contribution in [0.3, 0.4) is 0 Å². The molecule has 2 aliphatic carbocycles. The number of nitrogens with zero attached hydrogens (tertiary/aromatic N) is 2. The number of carbonyl (C=O) groups excluding carboxylic acids is 2. The first-order valence-electron chi connectivity index (χ1n) is 8.12. The van der Waals surface area contributed by atoms with Crippen molar-refractivity contribution in [2.24, 2.45) is 23.7 Å². The molecule has 1 aliphatic heterocycles. The molecule has 0 bridgehead atoms. The maximum atomic E-state index is 12.6. The van der Waals surface area contributed by atoms with Gasteiger partial charge in [0.1, 0.15) is 0 Å².